The second-order valence-corrected chi connectivity index (χ2v) is 7.24. The first-order valence-corrected chi connectivity index (χ1v) is 9.01. The molecule has 3 atom stereocenters. The first kappa shape index (κ1) is 15.7. The SMILES string of the molecule is CO[C@H]1C[C@H](c2nc(C)no2)N(C(=O)[C@H]2CSc3ccccc32)C1. The van der Waals surface area contributed by atoms with E-state index in [9.17, 15) is 4.79 Å². The summed E-state index contributed by atoms with van der Waals surface area (Å²) in [5.74, 6) is 1.86. The van der Waals surface area contributed by atoms with Crippen LogP contribution in [-0.2, 0) is 9.53 Å². The lowest BCUT2D eigenvalue weighted by Gasteiger charge is -2.25. The standard InChI is InChI=1S/C17H19N3O3S/c1-10-18-16(23-19-10)14-7-11(22-2)8-20(14)17(21)13-9-24-15-6-4-3-5-12(13)15/h3-6,11,13-14H,7-9H2,1-2H3/t11-,13-,14+/m0/s1. The highest BCUT2D eigenvalue weighted by molar-refractivity contribution is 7.99. The van der Waals surface area contributed by atoms with Crippen LogP contribution in [0.4, 0.5) is 0 Å². The average Bonchev–Trinajstić information content (AvgIpc) is 3.31. The second-order valence-electron chi connectivity index (χ2n) is 6.18. The van der Waals surface area contributed by atoms with Crippen LogP contribution in [0, 0.1) is 6.92 Å². The summed E-state index contributed by atoms with van der Waals surface area (Å²) in [7, 11) is 1.68. The van der Waals surface area contributed by atoms with E-state index < -0.39 is 0 Å². The molecule has 1 aromatic carbocycles. The van der Waals surface area contributed by atoms with Crippen LogP contribution < -0.4 is 0 Å². The molecule has 1 amide bonds. The van der Waals surface area contributed by atoms with Crippen molar-refractivity contribution in [3.8, 4) is 0 Å². The number of hydrogen-bond acceptors (Lipinski definition) is 6. The fourth-order valence-corrected chi connectivity index (χ4v) is 4.68. The number of carbonyl (C=O) groups is 1. The summed E-state index contributed by atoms with van der Waals surface area (Å²) >= 11 is 1.74. The third-order valence-corrected chi connectivity index (χ3v) is 5.89. The number of hydrogen-bond donors (Lipinski definition) is 0. The van der Waals surface area contributed by atoms with Gasteiger partial charge in [0.25, 0.3) is 0 Å². The summed E-state index contributed by atoms with van der Waals surface area (Å²) < 4.78 is 10.8. The molecule has 0 N–H and O–H groups in total. The Morgan fingerprint density at radius 3 is 3.00 bits per heavy atom. The molecule has 1 fully saturated rings. The summed E-state index contributed by atoms with van der Waals surface area (Å²) in [4.78, 5) is 20.6. The molecule has 7 heteroatoms. The Labute approximate surface area is 144 Å². The van der Waals surface area contributed by atoms with E-state index in [2.05, 4.69) is 16.2 Å². The molecule has 0 spiro atoms. The molecule has 0 bridgehead atoms. The molecule has 4 rings (SSSR count). The van der Waals surface area contributed by atoms with Gasteiger partial charge in [-0.3, -0.25) is 4.79 Å². The number of thioether (sulfide) groups is 1. The van der Waals surface area contributed by atoms with E-state index in [0.29, 0.717) is 24.7 Å². The van der Waals surface area contributed by atoms with Crippen LogP contribution in [0.5, 0.6) is 0 Å². The minimum atomic E-state index is -0.207. The number of nitrogens with zero attached hydrogens (tertiary/aromatic N) is 3. The predicted molar refractivity (Wildman–Crippen MR) is 88.8 cm³/mol. The molecule has 2 aliphatic rings. The molecule has 0 radical (unpaired) electrons. The summed E-state index contributed by atoms with van der Waals surface area (Å²) in [6, 6.07) is 7.92. The van der Waals surface area contributed by atoms with Gasteiger partial charge in [-0.2, -0.15) is 4.98 Å². The molecule has 1 aromatic heterocycles. The Hall–Kier alpha value is -1.86. The number of carbonyl (C=O) groups excluding carboxylic acids is 1. The van der Waals surface area contributed by atoms with Crippen molar-refractivity contribution >= 4 is 17.7 Å². The Morgan fingerprint density at radius 1 is 1.42 bits per heavy atom. The van der Waals surface area contributed by atoms with Gasteiger partial charge in [-0.15, -0.1) is 11.8 Å². The summed E-state index contributed by atoms with van der Waals surface area (Å²) in [6.45, 7) is 2.34. The van der Waals surface area contributed by atoms with Crippen molar-refractivity contribution in [1.29, 1.82) is 0 Å². The van der Waals surface area contributed by atoms with Gasteiger partial charge in [0.1, 0.15) is 6.04 Å². The molecule has 1 saturated heterocycles. The van der Waals surface area contributed by atoms with Crippen LogP contribution in [0.2, 0.25) is 0 Å². The van der Waals surface area contributed by atoms with Crippen LogP contribution in [0.25, 0.3) is 0 Å². The molecule has 0 aliphatic carbocycles. The van der Waals surface area contributed by atoms with E-state index in [0.717, 1.165) is 11.3 Å². The molecule has 0 unspecified atom stereocenters. The van der Waals surface area contributed by atoms with Gasteiger partial charge in [-0.05, 0) is 18.6 Å². The number of benzene rings is 1. The van der Waals surface area contributed by atoms with Gasteiger partial charge in [0.05, 0.1) is 12.0 Å². The molecule has 6 nitrogen and oxygen atoms in total. The van der Waals surface area contributed by atoms with Crippen molar-refractivity contribution in [2.24, 2.45) is 0 Å². The third kappa shape index (κ3) is 2.61. The van der Waals surface area contributed by atoms with Crippen molar-refractivity contribution in [1.82, 2.24) is 15.0 Å². The van der Waals surface area contributed by atoms with E-state index >= 15 is 0 Å². The van der Waals surface area contributed by atoms with Crippen molar-refractivity contribution in [3.05, 3.63) is 41.5 Å². The van der Waals surface area contributed by atoms with E-state index in [1.807, 2.05) is 23.1 Å². The van der Waals surface area contributed by atoms with Gasteiger partial charge in [-0.1, -0.05) is 23.4 Å². The number of fused-ring (bicyclic) bond motifs is 1. The largest absolute Gasteiger partial charge is 0.380 e. The van der Waals surface area contributed by atoms with Gasteiger partial charge in [0.2, 0.25) is 11.8 Å². The fraction of sp³-hybridized carbons (Fsp3) is 0.471. The Bertz CT molecular complexity index is 763. The first-order chi connectivity index (χ1) is 11.7. The molecule has 24 heavy (non-hydrogen) atoms. The zero-order chi connectivity index (χ0) is 16.7. The Morgan fingerprint density at radius 2 is 2.25 bits per heavy atom. The number of likely N-dealkylation sites (tertiary alicyclic amines) is 1. The van der Waals surface area contributed by atoms with Crippen molar-refractivity contribution in [2.75, 3.05) is 19.4 Å². The normalized spacial score (nSPS) is 25.9. The highest BCUT2D eigenvalue weighted by Gasteiger charge is 2.43. The Balaban J connectivity index is 1.62. The van der Waals surface area contributed by atoms with E-state index in [4.69, 9.17) is 9.26 Å². The lowest BCUT2D eigenvalue weighted by molar-refractivity contribution is -0.134. The van der Waals surface area contributed by atoms with E-state index in [1.165, 1.54) is 4.90 Å². The zero-order valence-electron chi connectivity index (χ0n) is 13.6. The van der Waals surface area contributed by atoms with E-state index in [1.54, 1.807) is 25.8 Å². The number of aryl methyl sites for hydroxylation is 1. The molecular weight excluding hydrogens is 326 g/mol. The lowest BCUT2D eigenvalue weighted by Crippen LogP contribution is -2.36. The molecular formula is C17H19N3O3S. The molecule has 2 aliphatic heterocycles. The zero-order valence-corrected chi connectivity index (χ0v) is 14.5. The molecule has 2 aromatic rings. The maximum absolute atomic E-state index is 13.2. The van der Waals surface area contributed by atoms with Gasteiger partial charge in [-0.25, -0.2) is 0 Å². The average molecular weight is 345 g/mol. The summed E-state index contributed by atoms with van der Waals surface area (Å²) in [6.07, 6.45) is 0.682. The topological polar surface area (TPSA) is 68.5 Å². The van der Waals surface area contributed by atoms with Gasteiger partial charge >= 0.3 is 0 Å². The number of aromatic nitrogens is 2. The van der Waals surface area contributed by atoms with Gasteiger partial charge in [0, 0.05) is 30.7 Å². The second kappa shape index (κ2) is 6.22. The highest BCUT2D eigenvalue weighted by atomic mass is 32.2. The van der Waals surface area contributed by atoms with Crippen molar-refractivity contribution < 1.29 is 14.1 Å². The van der Waals surface area contributed by atoms with Crippen LogP contribution in [0.3, 0.4) is 0 Å². The quantitative estimate of drug-likeness (QED) is 0.852. The Kier molecular flexibility index (Phi) is 4.05. The number of ether oxygens (including phenoxy) is 1. The summed E-state index contributed by atoms with van der Waals surface area (Å²) in [5.41, 5.74) is 1.12. The molecule has 0 saturated carbocycles. The number of rotatable bonds is 3. The van der Waals surface area contributed by atoms with Crippen LogP contribution >= 0.6 is 11.8 Å². The van der Waals surface area contributed by atoms with Crippen molar-refractivity contribution in [2.45, 2.75) is 36.3 Å². The minimum absolute atomic E-state index is 0.00421. The minimum Gasteiger partial charge on any atom is -0.380 e. The number of amides is 1. The van der Waals surface area contributed by atoms with E-state index in [-0.39, 0.29) is 24.0 Å². The molecule has 126 valence electrons. The van der Waals surface area contributed by atoms with Crippen LogP contribution in [0.1, 0.15) is 35.7 Å². The molecule has 3 heterocycles. The van der Waals surface area contributed by atoms with Crippen LogP contribution in [-0.4, -0.2) is 46.5 Å². The third-order valence-electron chi connectivity index (χ3n) is 4.71. The van der Waals surface area contributed by atoms with Gasteiger partial charge < -0.3 is 14.2 Å². The predicted octanol–water partition coefficient (Wildman–Crippen LogP) is 2.56. The van der Waals surface area contributed by atoms with Crippen LogP contribution in [0.15, 0.2) is 33.7 Å². The first-order valence-electron chi connectivity index (χ1n) is 8.02. The maximum Gasteiger partial charge on any atom is 0.249 e. The fourth-order valence-electron chi connectivity index (χ4n) is 3.46. The lowest BCUT2D eigenvalue weighted by atomic mass is 9.99. The maximum atomic E-state index is 13.2. The highest BCUT2D eigenvalue weighted by Crippen LogP contribution is 2.43. The van der Waals surface area contributed by atoms with Gasteiger partial charge in [0.15, 0.2) is 5.82 Å². The summed E-state index contributed by atoms with van der Waals surface area (Å²) in [5, 5.41) is 3.87. The number of methoxy groups -OCH3 is 1. The monoisotopic (exact) mass is 345 g/mol. The van der Waals surface area contributed by atoms with Crippen molar-refractivity contribution in [3.63, 3.8) is 0 Å². The smallest absolute Gasteiger partial charge is 0.249 e.